The highest BCUT2D eigenvalue weighted by atomic mass is 16.5. The molecule has 1 saturated carbocycles. The Morgan fingerprint density at radius 3 is 2.70 bits per heavy atom. The van der Waals surface area contributed by atoms with Gasteiger partial charge in [0, 0.05) is 24.9 Å². The van der Waals surface area contributed by atoms with E-state index in [0.717, 1.165) is 25.7 Å². The van der Waals surface area contributed by atoms with Crippen LogP contribution in [0.1, 0.15) is 39.0 Å². The van der Waals surface area contributed by atoms with Crippen LogP contribution in [0.15, 0.2) is 18.7 Å². The average molecular weight is 279 g/mol. The molecule has 110 valence electrons. The van der Waals surface area contributed by atoms with Gasteiger partial charge in [0.15, 0.2) is 0 Å². The van der Waals surface area contributed by atoms with E-state index in [9.17, 15) is 9.59 Å². The number of hydrogen-bond acceptors (Lipinski definition) is 4. The normalized spacial score (nSPS) is 22.2. The van der Waals surface area contributed by atoms with Crippen molar-refractivity contribution >= 4 is 12.0 Å². The Balaban J connectivity index is 1.71. The van der Waals surface area contributed by atoms with Crippen molar-refractivity contribution in [1.82, 2.24) is 14.9 Å². The van der Waals surface area contributed by atoms with Gasteiger partial charge < -0.3 is 10.1 Å². The largest absolute Gasteiger partial charge is 0.466 e. The fraction of sp³-hybridized carbons (Fsp3) is 0.643. The summed E-state index contributed by atoms with van der Waals surface area (Å²) < 4.78 is 6.40. The third kappa shape index (κ3) is 4.08. The molecule has 1 aliphatic rings. The number of hydrogen-bond donors (Lipinski definition) is 1. The second-order valence-corrected chi connectivity index (χ2v) is 5.15. The van der Waals surface area contributed by atoms with Gasteiger partial charge in [0.25, 0.3) is 0 Å². The van der Waals surface area contributed by atoms with E-state index < -0.39 is 0 Å². The average Bonchev–Trinajstić information content (AvgIpc) is 2.95. The highest BCUT2D eigenvalue weighted by Crippen LogP contribution is 2.27. The lowest BCUT2D eigenvalue weighted by atomic mass is 9.84. The number of amides is 1. The van der Waals surface area contributed by atoms with Gasteiger partial charge in [0.1, 0.15) is 6.33 Å². The molecule has 1 aromatic rings. The molecule has 0 atom stereocenters. The number of imidazole rings is 1. The number of esters is 1. The molecule has 0 aromatic carbocycles. The Morgan fingerprint density at radius 2 is 2.10 bits per heavy atom. The minimum atomic E-state index is -0.142. The SMILES string of the molecule is CCOC(=O)CC1CCC(NC(=O)n2ccnc2)CC1. The van der Waals surface area contributed by atoms with Gasteiger partial charge in [-0.2, -0.15) is 0 Å². The maximum absolute atomic E-state index is 11.9. The lowest BCUT2D eigenvalue weighted by Gasteiger charge is -2.28. The molecule has 20 heavy (non-hydrogen) atoms. The molecule has 1 heterocycles. The molecule has 1 aromatic heterocycles. The molecular formula is C14H21N3O3. The van der Waals surface area contributed by atoms with E-state index in [4.69, 9.17) is 4.74 Å². The number of carbonyl (C=O) groups is 2. The molecular weight excluding hydrogens is 258 g/mol. The molecule has 0 saturated heterocycles. The van der Waals surface area contributed by atoms with E-state index in [0.29, 0.717) is 18.9 Å². The summed E-state index contributed by atoms with van der Waals surface area (Å²) in [6.07, 6.45) is 8.91. The molecule has 1 aliphatic carbocycles. The highest BCUT2D eigenvalue weighted by molar-refractivity contribution is 5.76. The molecule has 1 amide bonds. The first kappa shape index (κ1) is 14.6. The van der Waals surface area contributed by atoms with Crippen LogP contribution >= 0.6 is 0 Å². The fourth-order valence-electron chi connectivity index (χ4n) is 2.59. The lowest BCUT2D eigenvalue weighted by Crippen LogP contribution is -2.39. The molecule has 6 heteroatoms. The first-order valence-electron chi connectivity index (χ1n) is 7.13. The first-order chi connectivity index (χ1) is 9.69. The fourth-order valence-corrected chi connectivity index (χ4v) is 2.59. The van der Waals surface area contributed by atoms with Crippen molar-refractivity contribution in [2.75, 3.05) is 6.61 Å². The zero-order valence-electron chi connectivity index (χ0n) is 11.7. The van der Waals surface area contributed by atoms with Crippen LogP contribution in [0.3, 0.4) is 0 Å². The smallest absolute Gasteiger partial charge is 0.327 e. The molecule has 2 rings (SSSR count). The Bertz CT molecular complexity index is 437. The summed E-state index contributed by atoms with van der Waals surface area (Å²) in [5.41, 5.74) is 0. The molecule has 1 N–H and O–H groups in total. The summed E-state index contributed by atoms with van der Waals surface area (Å²) in [6, 6.07) is 0.0414. The number of nitrogens with one attached hydrogen (secondary N) is 1. The van der Waals surface area contributed by atoms with Gasteiger partial charge in [0.05, 0.1) is 6.61 Å². The quantitative estimate of drug-likeness (QED) is 0.855. The van der Waals surface area contributed by atoms with E-state index in [2.05, 4.69) is 10.3 Å². The highest BCUT2D eigenvalue weighted by Gasteiger charge is 2.24. The van der Waals surface area contributed by atoms with Gasteiger partial charge in [0.2, 0.25) is 0 Å². The van der Waals surface area contributed by atoms with Crippen molar-refractivity contribution < 1.29 is 14.3 Å². The summed E-state index contributed by atoms with van der Waals surface area (Å²) >= 11 is 0. The van der Waals surface area contributed by atoms with Gasteiger partial charge >= 0.3 is 12.0 Å². The van der Waals surface area contributed by atoms with Crippen molar-refractivity contribution in [2.24, 2.45) is 5.92 Å². The molecule has 6 nitrogen and oxygen atoms in total. The lowest BCUT2D eigenvalue weighted by molar-refractivity contribution is -0.144. The number of rotatable bonds is 4. The van der Waals surface area contributed by atoms with Crippen LogP contribution in [0.4, 0.5) is 4.79 Å². The monoisotopic (exact) mass is 279 g/mol. The second kappa shape index (κ2) is 7.07. The first-order valence-corrected chi connectivity index (χ1v) is 7.13. The summed E-state index contributed by atoms with van der Waals surface area (Å²) in [7, 11) is 0. The minimum absolute atomic E-state index is 0.113. The molecule has 0 bridgehead atoms. The van der Waals surface area contributed by atoms with E-state index in [-0.39, 0.29) is 18.0 Å². The van der Waals surface area contributed by atoms with E-state index >= 15 is 0 Å². The maximum Gasteiger partial charge on any atom is 0.327 e. The molecule has 0 radical (unpaired) electrons. The molecule has 0 unspecified atom stereocenters. The number of ether oxygens (including phenoxy) is 1. The van der Waals surface area contributed by atoms with Gasteiger partial charge in [-0.15, -0.1) is 0 Å². The summed E-state index contributed by atoms with van der Waals surface area (Å²) in [5.74, 6) is 0.272. The van der Waals surface area contributed by atoms with Crippen LogP contribution in [-0.4, -0.2) is 34.2 Å². The van der Waals surface area contributed by atoms with Crippen LogP contribution in [0, 0.1) is 5.92 Å². The van der Waals surface area contributed by atoms with E-state index in [1.165, 1.54) is 10.9 Å². The van der Waals surface area contributed by atoms with Crippen molar-refractivity contribution in [3.05, 3.63) is 18.7 Å². The predicted octanol–water partition coefficient (Wildman–Crippen LogP) is 1.95. The van der Waals surface area contributed by atoms with Gasteiger partial charge in [-0.05, 0) is 38.5 Å². The third-order valence-electron chi connectivity index (χ3n) is 3.67. The Hall–Kier alpha value is -1.85. The van der Waals surface area contributed by atoms with Gasteiger partial charge in [-0.3, -0.25) is 9.36 Å². The Kier molecular flexibility index (Phi) is 5.15. The molecule has 0 aliphatic heterocycles. The van der Waals surface area contributed by atoms with E-state index in [1.54, 1.807) is 12.4 Å². The van der Waals surface area contributed by atoms with Crippen LogP contribution in [0.5, 0.6) is 0 Å². The zero-order chi connectivity index (χ0) is 14.4. The zero-order valence-corrected chi connectivity index (χ0v) is 11.7. The van der Waals surface area contributed by atoms with Crippen LogP contribution < -0.4 is 5.32 Å². The van der Waals surface area contributed by atoms with Crippen molar-refractivity contribution in [2.45, 2.75) is 45.1 Å². The Labute approximate surface area is 118 Å². The molecule has 0 spiro atoms. The van der Waals surface area contributed by atoms with Gasteiger partial charge in [-0.1, -0.05) is 0 Å². The Morgan fingerprint density at radius 1 is 1.35 bits per heavy atom. The predicted molar refractivity (Wildman–Crippen MR) is 73.2 cm³/mol. The minimum Gasteiger partial charge on any atom is -0.466 e. The van der Waals surface area contributed by atoms with Crippen LogP contribution in [-0.2, 0) is 9.53 Å². The summed E-state index contributed by atoms with van der Waals surface area (Å²) in [5, 5.41) is 2.99. The maximum atomic E-state index is 11.9. The topological polar surface area (TPSA) is 73.2 Å². The van der Waals surface area contributed by atoms with Crippen molar-refractivity contribution in [3.8, 4) is 0 Å². The molecule has 1 fully saturated rings. The number of aromatic nitrogens is 2. The van der Waals surface area contributed by atoms with E-state index in [1.807, 2.05) is 6.92 Å². The standard InChI is InChI=1S/C14H21N3O3/c1-2-20-13(18)9-11-3-5-12(6-4-11)16-14(19)17-8-7-15-10-17/h7-8,10-12H,2-6,9H2,1H3,(H,16,19). The van der Waals surface area contributed by atoms with Crippen LogP contribution in [0.2, 0.25) is 0 Å². The van der Waals surface area contributed by atoms with Gasteiger partial charge in [-0.25, -0.2) is 9.78 Å². The summed E-state index contributed by atoms with van der Waals surface area (Å²) in [4.78, 5) is 27.1. The second-order valence-electron chi connectivity index (χ2n) is 5.15. The number of carbonyl (C=O) groups excluding carboxylic acids is 2. The van der Waals surface area contributed by atoms with Crippen LogP contribution in [0.25, 0.3) is 0 Å². The van der Waals surface area contributed by atoms with Crippen molar-refractivity contribution in [1.29, 1.82) is 0 Å². The summed E-state index contributed by atoms with van der Waals surface area (Å²) in [6.45, 7) is 2.26. The van der Waals surface area contributed by atoms with Crippen molar-refractivity contribution in [3.63, 3.8) is 0 Å². The third-order valence-corrected chi connectivity index (χ3v) is 3.67. The number of nitrogens with zero attached hydrogens (tertiary/aromatic N) is 2.